The van der Waals surface area contributed by atoms with Crippen LogP contribution >= 0.6 is 0 Å². The summed E-state index contributed by atoms with van der Waals surface area (Å²) in [6.07, 6.45) is 1.79. The average molecular weight is 325 g/mol. The summed E-state index contributed by atoms with van der Waals surface area (Å²) in [5.74, 6) is 0.0551. The molecule has 0 amide bonds. The van der Waals surface area contributed by atoms with E-state index in [0.29, 0.717) is 11.3 Å². The van der Waals surface area contributed by atoms with Gasteiger partial charge < -0.3 is 10.5 Å². The molecule has 2 N–H and O–H groups in total. The van der Waals surface area contributed by atoms with Crippen molar-refractivity contribution in [1.82, 2.24) is 0 Å². The maximum atomic E-state index is 11.3. The van der Waals surface area contributed by atoms with Crippen molar-refractivity contribution in [2.24, 2.45) is 10.8 Å². The van der Waals surface area contributed by atoms with Crippen LogP contribution in [-0.4, -0.2) is 22.8 Å². The molecule has 0 aliphatic carbocycles. The molecule has 24 heavy (non-hydrogen) atoms. The number of benzene rings is 1. The van der Waals surface area contributed by atoms with Gasteiger partial charge in [-0.25, -0.2) is 5.01 Å². The second-order valence-electron chi connectivity index (χ2n) is 5.93. The fourth-order valence-electron chi connectivity index (χ4n) is 2.62. The molecular weight excluding hydrogens is 310 g/mol. The van der Waals surface area contributed by atoms with E-state index in [2.05, 4.69) is 11.2 Å². The molecule has 3 rings (SSSR count). The monoisotopic (exact) mass is 325 g/mol. The third-order valence-electron chi connectivity index (χ3n) is 3.78. The van der Waals surface area contributed by atoms with Crippen LogP contribution in [0.1, 0.15) is 13.8 Å². The molecule has 2 heterocycles. The molecule has 0 aromatic heterocycles. The fourth-order valence-corrected chi connectivity index (χ4v) is 2.62. The minimum atomic E-state index is -0.544. The van der Waals surface area contributed by atoms with Gasteiger partial charge in [0.05, 0.1) is 22.8 Å². The van der Waals surface area contributed by atoms with E-state index < -0.39 is 10.5 Å². The summed E-state index contributed by atoms with van der Waals surface area (Å²) in [6, 6.07) is 8.18. The highest BCUT2D eigenvalue weighted by atomic mass is 16.6. The second kappa shape index (κ2) is 5.47. The molecule has 0 bridgehead atoms. The lowest BCUT2D eigenvalue weighted by molar-refractivity contribution is -0.384. The number of allylic oxidation sites excluding steroid dienone is 1. The molecular formula is C16H15N5O3. The Labute approximate surface area is 138 Å². The highest BCUT2D eigenvalue weighted by molar-refractivity contribution is 6.08. The highest BCUT2D eigenvalue weighted by Gasteiger charge is 2.34. The van der Waals surface area contributed by atoms with Crippen LogP contribution in [0.2, 0.25) is 0 Å². The predicted octanol–water partition coefficient (Wildman–Crippen LogP) is 2.20. The van der Waals surface area contributed by atoms with Crippen molar-refractivity contribution in [3.8, 4) is 6.07 Å². The highest BCUT2D eigenvalue weighted by Crippen LogP contribution is 2.36. The molecule has 2 aliphatic rings. The maximum absolute atomic E-state index is 11.3. The minimum Gasteiger partial charge on any atom is -0.383 e. The van der Waals surface area contributed by atoms with Gasteiger partial charge in [-0.3, -0.25) is 10.1 Å². The number of nitro groups is 1. The third kappa shape index (κ3) is 2.51. The Kier molecular flexibility index (Phi) is 3.58. The van der Waals surface area contributed by atoms with Crippen LogP contribution < -0.4 is 10.7 Å². The van der Waals surface area contributed by atoms with Crippen molar-refractivity contribution >= 4 is 17.1 Å². The molecule has 0 spiro atoms. The van der Waals surface area contributed by atoms with Crippen LogP contribution in [0.25, 0.3) is 0 Å². The predicted molar refractivity (Wildman–Crippen MR) is 88.0 cm³/mol. The summed E-state index contributed by atoms with van der Waals surface area (Å²) in [4.78, 5) is 10.7. The van der Waals surface area contributed by atoms with Gasteiger partial charge in [-0.05, 0) is 26.0 Å². The maximum Gasteiger partial charge on any atom is 0.294 e. The topological polar surface area (TPSA) is 118 Å². The van der Waals surface area contributed by atoms with Gasteiger partial charge in [-0.1, -0.05) is 12.1 Å². The van der Waals surface area contributed by atoms with E-state index in [0.717, 1.165) is 0 Å². The van der Waals surface area contributed by atoms with Gasteiger partial charge in [0.2, 0.25) is 0 Å². The standard InChI is InChI=1S/C16H15N5O3/c1-16(2)7-10-11(8-17)15(18)20(19-12(10)9-24-16)13-5-3-4-6-14(13)21(22)23/h3-7H,9,18H2,1-2H3. The summed E-state index contributed by atoms with van der Waals surface area (Å²) < 4.78 is 5.68. The van der Waals surface area contributed by atoms with Crippen molar-refractivity contribution in [3.63, 3.8) is 0 Å². The lowest BCUT2D eigenvalue weighted by Crippen LogP contribution is -2.39. The number of fused-ring (bicyclic) bond motifs is 1. The number of rotatable bonds is 2. The Morgan fingerprint density at radius 2 is 2.17 bits per heavy atom. The molecule has 0 unspecified atom stereocenters. The van der Waals surface area contributed by atoms with Gasteiger partial charge >= 0.3 is 0 Å². The Balaban J connectivity index is 2.19. The van der Waals surface area contributed by atoms with Crippen molar-refractivity contribution in [1.29, 1.82) is 5.26 Å². The summed E-state index contributed by atoms with van der Waals surface area (Å²) in [5, 5.41) is 26.4. The number of nitrogens with two attached hydrogens (primary N) is 1. The van der Waals surface area contributed by atoms with Crippen molar-refractivity contribution < 1.29 is 9.66 Å². The lowest BCUT2D eigenvalue weighted by atomic mass is 9.92. The second-order valence-corrected chi connectivity index (χ2v) is 5.93. The number of para-hydroxylation sites is 2. The molecule has 1 aromatic rings. The number of nitro benzene ring substituents is 1. The number of anilines is 1. The molecule has 8 nitrogen and oxygen atoms in total. The summed E-state index contributed by atoms with van der Waals surface area (Å²) >= 11 is 0. The van der Waals surface area contributed by atoms with Gasteiger partial charge in [0.15, 0.2) is 0 Å². The SMILES string of the molecule is CC1(C)C=C2C(=NN(c3ccccc3[N+](=O)[O-])C(N)=C2C#N)CO1. The summed E-state index contributed by atoms with van der Waals surface area (Å²) in [5.41, 5.74) is 6.97. The smallest absolute Gasteiger partial charge is 0.294 e. The molecule has 0 saturated heterocycles. The van der Waals surface area contributed by atoms with E-state index in [4.69, 9.17) is 10.5 Å². The third-order valence-corrected chi connectivity index (χ3v) is 3.78. The number of ether oxygens (including phenoxy) is 1. The average Bonchev–Trinajstić information content (AvgIpc) is 2.54. The first-order valence-electron chi connectivity index (χ1n) is 7.22. The van der Waals surface area contributed by atoms with Crippen molar-refractivity contribution in [2.75, 3.05) is 11.6 Å². The number of nitriles is 1. The Morgan fingerprint density at radius 1 is 1.46 bits per heavy atom. The van der Waals surface area contributed by atoms with Crippen molar-refractivity contribution in [3.05, 3.63) is 57.4 Å². The van der Waals surface area contributed by atoms with Crippen LogP contribution in [0, 0.1) is 21.4 Å². The molecule has 0 atom stereocenters. The van der Waals surface area contributed by atoms with E-state index in [1.807, 2.05) is 13.8 Å². The van der Waals surface area contributed by atoms with E-state index in [9.17, 15) is 15.4 Å². The molecule has 1 aromatic carbocycles. The van der Waals surface area contributed by atoms with Gasteiger partial charge in [0.1, 0.15) is 23.2 Å². The molecule has 0 saturated carbocycles. The van der Waals surface area contributed by atoms with Crippen LogP contribution in [0.4, 0.5) is 11.4 Å². The number of hydrogen-bond donors (Lipinski definition) is 1. The Hall–Kier alpha value is -3.18. The number of hydrogen-bond acceptors (Lipinski definition) is 7. The van der Waals surface area contributed by atoms with Gasteiger partial charge in [0, 0.05) is 11.6 Å². The normalized spacial score (nSPS) is 19.1. The fraction of sp³-hybridized carbons (Fsp3) is 0.250. The summed E-state index contributed by atoms with van der Waals surface area (Å²) in [6.45, 7) is 3.93. The lowest BCUT2D eigenvalue weighted by Gasteiger charge is -2.34. The van der Waals surface area contributed by atoms with E-state index >= 15 is 0 Å². The van der Waals surface area contributed by atoms with Gasteiger partial charge in [-0.2, -0.15) is 10.4 Å². The molecule has 122 valence electrons. The molecule has 8 heteroatoms. The van der Waals surface area contributed by atoms with Gasteiger partial charge in [-0.15, -0.1) is 0 Å². The molecule has 0 fully saturated rings. The van der Waals surface area contributed by atoms with Crippen LogP contribution in [0.15, 0.2) is 52.4 Å². The molecule has 0 radical (unpaired) electrons. The Bertz CT molecular complexity index is 861. The first kappa shape index (κ1) is 15.7. The van der Waals surface area contributed by atoms with Crippen LogP contribution in [-0.2, 0) is 4.74 Å². The zero-order valence-corrected chi connectivity index (χ0v) is 13.2. The van der Waals surface area contributed by atoms with E-state index in [-0.39, 0.29) is 29.4 Å². The minimum absolute atomic E-state index is 0.0551. The Morgan fingerprint density at radius 3 is 2.83 bits per heavy atom. The van der Waals surface area contributed by atoms with Crippen LogP contribution in [0.5, 0.6) is 0 Å². The summed E-state index contributed by atoms with van der Waals surface area (Å²) in [7, 11) is 0. The first-order chi connectivity index (χ1) is 11.3. The van der Waals surface area contributed by atoms with Gasteiger partial charge in [0.25, 0.3) is 5.69 Å². The largest absolute Gasteiger partial charge is 0.383 e. The zero-order chi connectivity index (χ0) is 17.5. The number of hydrazone groups is 1. The molecule has 2 aliphatic heterocycles. The van der Waals surface area contributed by atoms with E-state index in [1.54, 1.807) is 18.2 Å². The van der Waals surface area contributed by atoms with Crippen molar-refractivity contribution in [2.45, 2.75) is 19.4 Å². The van der Waals surface area contributed by atoms with E-state index in [1.165, 1.54) is 17.1 Å². The van der Waals surface area contributed by atoms with Crippen LogP contribution in [0.3, 0.4) is 0 Å². The quantitative estimate of drug-likeness (QED) is 0.658. The zero-order valence-electron chi connectivity index (χ0n) is 13.2. The first-order valence-corrected chi connectivity index (χ1v) is 7.22. The number of nitrogens with zero attached hydrogens (tertiary/aromatic N) is 4.